The average Bonchev–Trinajstić information content (AvgIpc) is 3.62. The van der Waals surface area contributed by atoms with Gasteiger partial charge in [-0.25, -0.2) is 4.79 Å². The van der Waals surface area contributed by atoms with Gasteiger partial charge in [-0.1, -0.05) is 13.8 Å². The Balaban J connectivity index is 1.44. The molecule has 2 saturated heterocycles. The second-order valence-corrected chi connectivity index (χ2v) is 12.1. The molecule has 0 aliphatic carbocycles. The van der Waals surface area contributed by atoms with Crippen LogP contribution in [-0.2, 0) is 19.8 Å². The molecule has 1 amide bonds. The van der Waals surface area contributed by atoms with Gasteiger partial charge in [0.1, 0.15) is 5.39 Å². The Hall–Kier alpha value is -3.82. The zero-order chi connectivity index (χ0) is 29.1. The number of thioether (sulfide) groups is 1. The number of pyridine rings is 1. The summed E-state index contributed by atoms with van der Waals surface area (Å²) in [5.41, 5.74) is 1.46. The normalized spacial score (nSPS) is 20.8. The molecule has 5 rings (SSSR count). The van der Waals surface area contributed by atoms with E-state index in [1.165, 1.54) is 0 Å². The number of H-pyrrole nitrogens is 1. The van der Waals surface area contributed by atoms with Crippen LogP contribution in [0.25, 0.3) is 10.9 Å². The lowest BCUT2D eigenvalue weighted by Gasteiger charge is -2.38. The highest BCUT2D eigenvalue weighted by Gasteiger charge is 2.42. The summed E-state index contributed by atoms with van der Waals surface area (Å²) in [4.78, 5) is 43.0. The fraction of sp³-hybridized carbons (Fsp3) is 0.483. The first-order chi connectivity index (χ1) is 19.7. The minimum absolute atomic E-state index is 0.00681. The number of esters is 1. The van der Waals surface area contributed by atoms with Crippen LogP contribution >= 0.6 is 11.8 Å². The fourth-order valence-corrected chi connectivity index (χ4v) is 6.20. The van der Waals surface area contributed by atoms with Crippen molar-refractivity contribution in [2.24, 2.45) is 5.92 Å². The third-order valence-electron chi connectivity index (χ3n) is 7.47. The van der Waals surface area contributed by atoms with E-state index in [0.29, 0.717) is 53.3 Å². The topological polar surface area (TPSA) is 142 Å². The van der Waals surface area contributed by atoms with Crippen LogP contribution in [0.3, 0.4) is 0 Å². The molecule has 0 bridgehead atoms. The molecule has 2 aliphatic rings. The van der Waals surface area contributed by atoms with E-state index in [1.807, 2.05) is 31.7 Å². The van der Waals surface area contributed by atoms with Gasteiger partial charge in [0, 0.05) is 29.7 Å². The molecule has 0 saturated carbocycles. The second-order valence-electron chi connectivity index (χ2n) is 11.0. The molecule has 0 radical (unpaired) electrons. The van der Waals surface area contributed by atoms with Crippen molar-refractivity contribution in [1.82, 2.24) is 19.7 Å². The van der Waals surface area contributed by atoms with Crippen molar-refractivity contribution in [3.05, 3.63) is 51.9 Å². The summed E-state index contributed by atoms with van der Waals surface area (Å²) in [6, 6.07) is 9.44. The highest BCUT2D eigenvalue weighted by Crippen LogP contribution is 2.37. The number of aryl methyl sites for hydroxylation is 1. The lowest BCUT2D eigenvalue weighted by molar-refractivity contribution is -0.166. The third kappa shape index (κ3) is 5.83. The molecule has 1 aromatic carbocycles. The summed E-state index contributed by atoms with van der Waals surface area (Å²) >= 11 is 1.74. The molecule has 4 heterocycles. The van der Waals surface area contributed by atoms with Crippen LogP contribution in [0.5, 0.6) is 0 Å². The first kappa shape index (κ1) is 28.7. The molecule has 0 spiro atoms. The molecule has 3 aromatic rings. The Kier molecular flexibility index (Phi) is 8.37. The number of hydrogen-bond donors (Lipinski definition) is 2. The molecule has 2 aromatic heterocycles. The maximum Gasteiger partial charge on any atom is 0.335 e. The molecular formula is C29H34N6O5S. The molecule has 216 valence electrons. The van der Waals surface area contributed by atoms with Crippen LogP contribution in [0, 0.1) is 24.2 Å². The van der Waals surface area contributed by atoms with E-state index < -0.39 is 17.6 Å². The number of nitrogens with one attached hydrogen (secondary N) is 2. The van der Waals surface area contributed by atoms with Gasteiger partial charge >= 0.3 is 5.97 Å². The molecule has 11 nitrogen and oxygen atoms in total. The quantitative estimate of drug-likeness (QED) is 0.380. The first-order valence-corrected chi connectivity index (χ1v) is 14.9. The number of fused-ring (bicyclic) bond motifs is 1. The van der Waals surface area contributed by atoms with Crippen LogP contribution in [0.2, 0.25) is 0 Å². The number of amides is 1. The molecule has 2 aliphatic heterocycles. The lowest BCUT2D eigenvalue weighted by Crippen LogP contribution is -2.47. The average molecular weight is 579 g/mol. The number of carbonyl (C=O) groups excluding carboxylic acids is 2. The minimum atomic E-state index is -0.879. The molecule has 12 heteroatoms. The maximum atomic E-state index is 13.0. The van der Waals surface area contributed by atoms with Gasteiger partial charge in [0.05, 0.1) is 42.6 Å². The summed E-state index contributed by atoms with van der Waals surface area (Å²) in [7, 11) is 0. The van der Waals surface area contributed by atoms with E-state index in [9.17, 15) is 19.6 Å². The van der Waals surface area contributed by atoms with Crippen molar-refractivity contribution in [2.45, 2.75) is 51.7 Å². The zero-order valence-electron chi connectivity index (χ0n) is 23.4. The molecule has 1 unspecified atom stereocenters. The third-order valence-corrected chi connectivity index (χ3v) is 8.43. The van der Waals surface area contributed by atoms with Crippen molar-refractivity contribution in [1.29, 1.82) is 5.26 Å². The van der Waals surface area contributed by atoms with E-state index in [-0.39, 0.29) is 30.4 Å². The first-order valence-electron chi connectivity index (χ1n) is 13.7. The monoisotopic (exact) mass is 578 g/mol. The van der Waals surface area contributed by atoms with E-state index in [0.717, 1.165) is 17.9 Å². The summed E-state index contributed by atoms with van der Waals surface area (Å²) < 4.78 is 13.0. The van der Waals surface area contributed by atoms with E-state index in [4.69, 9.17) is 14.6 Å². The summed E-state index contributed by atoms with van der Waals surface area (Å²) in [5.74, 6) is 1.77. The van der Waals surface area contributed by atoms with Crippen LogP contribution in [0.1, 0.15) is 49.0 Å². The number of rotatable bonds is 8. The Morgan fingerprint density at radius 2 is 2.20 bits per heavy atom. The zero-order valence-corrected chi connectivity index (χ0v) is 24.3. The summed E-state index contributed by atoms with van der Waals surface area (Å²) in [5, 5.41) is 18.2. The Morgan fingerprint density at radius 3 is 2.85 bits per heavy atom. The van der Waals surface area contributed by atoms with Crippen LogP contribution in [0.15, 0.2) is 35.3 Å². The number of aromatic amines is 1. The van der Waals surface area contributed by atoms with Crippen molar-refractivity contribution in [3.8, 4) is 6.07 Å². The van der Waals surface area contributed by atoms with Crippen molar-refractivity contribution >= 4 is 46.0 Å². The van der Waals surface area contributed by atoms with Gasteiger partial charge in [0.15, 0.2) is 11.9 Å². The molecule has 2 atom stereocenters. The van der Waals surface area contributed by atoms with Gasteiger partial charge in [0.25, 0.3) is 11.5 Å². The largest absolute Gasteiger partial charge is 0.463 e. The highest BCUT2D eigenvalue weighted by molar-refractivity contribution is 7.99. The maximum absolute atomic E-state index is 13.0. The van der Waals surface area contributed by atoms with Gasteiger partial charge < -0.3 is 24.7 Å². The van der Waals surface area contributed by atoms with Gasteiger partial charge in [-0.2, -0.15) is 10.4 Å². The number of anilines is 2. The predicted octanol–water partition coefficient (Wildman–Crippen LogP) is 3.91. The van der Waals surface area contributed by atoms with Gasteiger partial charge in [-0.3, -0.25) is 14.3 Å². The fourth-order valence-electron chi connectivity index (χ4n) is 5.26. The van der Waals surface area contributed by atoms with Crippen LogP contribution < -0.4 is 10.9 Å². The van der Waals surface area contributed by atoms with Crippen molar-refractivity contribution in [2.75, 3.05) is 36.7 Å². The number of ether oxygens (including phenoxy) is 2. The molecule has 2 N–H and O–H groups in total. The number of carbonyl (C=O) groups is 2. The number of nitrogens with zero attached hydrogens (tertiary/aromatic N) is 4. The van der Waals surface area contributed by atoms with Gasteiger partial charge in [-0.15, -0.1) is 11.8 Å². The number of aromatic nitrogens is 3. The summed E-state index contributed by atoms with van der Waals surface area (Å²) in [6.07, 6.45) is 1.70. The number of benzene rings is 1. The highest BCUT2D eigenvalue weighted by atomic mass is 32.2. The smallest absolute Gasteiger partial charge is 0.335 e. The SMILES string of the molecule is Cc1cc(Nc2nn([C@]3(CC#N)CCC(C(=O)OCC(C)C)OC3)c3cc[nH]c(=O)c23)ccc1C(=O)N1CCSC1. The van der Waals surface area contributed by atoms with Crippen molar-refractivity contribution in [3.63, 3.8) is 0 Å². The minimum Gasteiger partial charge on any atom is -0.463 e. The Labute approximate surface area is 242 Å². The Morgan fingerprint density at radius 1 is 1.37 bits per heavy atom. The predicted molar refractivity (Wildman–Crippen MR) is 156 cm³/mol. The van der Waals surface area contributed by atoms with Gasteiger partial charge in [-0.05, 0) is 55.5 Å². The van der Waals surface area contributed by atoms with Crippen molar-refractivity contribution < 1.29 is 19.1 Å². The molecular weight excluding hydrogens is 544 g/mol. The summed E-state index contributed by atoms with van der Waals surface area (Å²) in [6.45, 7) is 6.93. The van der Waals surface area contributed by atoms with E-state index >= 15 is 0 Å². The number of hydrogen-bond acceptors (Lipinski definition) is 9. The molecule has 41 heavy (non-hydrogen) atoms. The Bertz CT molecular complexity index is 1540. The van der Waals surface area contributed by atoms with E-state index in [2.05, 4.69) is 16.4 Å². The lowest BCUT2D eigenvalue weighted by atomic mass is 9.87. The second kappa shape index (κ2) is 12.0. The molecule has 2 fully saturated rings. The van der Waals surface area contributed by atoms with E-state index in [1.54, 1.807) is 40.8 Å². The van der Waals surface area contributed by atoms with Crippen LogP contribution in [0.4, 0.5) is 11.5 Å². The standard InChI is InChI=1S/C29H34N6O5S/c1-18(2)15-39-28(38)23-6-8-29(9-10-30,16-40-23)35-22-7-11-31-26(36)24(22)25(33-35)32-20-4-5-21(19(3)14-20)27(37)34-12-13-41-17-34/h4-5,7,11,14,18,23H,6,8-9,12-13,15-17H2,1-3H3,(H,31,36)(H,32,33)/t23?,29-/m0/s1. The van der Waals surface area contributed by atoms with Crippen LogP contribution in [-0.4, -0.2) is 69.0 Å². The van der Waals surface area contributed by atoms with Gasteiger partial charge in [0.2, 0.25) is 0 Å². The number of nitriles is 1.